The quantitative estimate of drug-likeness (QED) is 0.537. The molecule has 0 saturated carbocycles. The van der Waals surface area contributed by atoms with Crippen molar-refractivity contribution in [3.8, 4) is 6.07 Å². The highest BCUT2D eigenvalue weighted by molar-refractivity contribution is 6.36. The van der Waals surface area contributed by atoms with Crippen LogP contribution in [-0.4, -0.2) is 40.1 Å². The standard InChI is InChI=1S/C22H22ClN7O2/c1-12(27-20-14(10-24)11-26-22(25)30-20)17-9-13-3-2-4-16(23)18(13)19(29-17)21(31)28-15-5-7-32-8-6-15/h2-4,9,11-12,15H,5-8H2,1H3,(H,28,31)(H3,25,26,27,30). The van der Waals surface area contributed by atoms with Crippen LogP contribution in [0.2, 0.25) is 5.02 Å². The van der Waals surface area contributed by atoms with E-state index in [-0.39, 0.29) is 35.2 Å². The van der Waals surface area contributed by atoms with Crippen LogP contribution in [0.4, 0.5) is 11.8 Å². The molecule has 1 aliphatic heterocycles. The lowest BCUT2D eigenvalue weighted by atomic mass is 10.0. The van der Waals surface area contributed by atoms with E-state index in [0.29, 0.717) is 35.1 Å². The number of nitrogens with two attached hydrogens (primary N) is 1. The first-order valence-electron chi connectivity index (χ1n) is 10.2. The molecule has 0 spiro atoms. The largest absolute Gasteiger partial charge is 0.381 e. The molecule has 1 fully saturated rings. The van der Waals surface area contributed by atoms with Gasteiger partial charge in [0.25, 0.3) is 5.91 Å². The lowest BCUT2D eigenvalue weighted by Crippen LogP contribution is -2.39. The van der Waals surface area contributed by atoms with Gasteiger partial charge in [-0.1, -0.05) is 23.7 Å². The summed E-state index contributed by atoms with van der Waals surface area (Å²) in [7, 11) is 0. The summed E-state index contributed by atoms with van der Waals surface area (Å²) in [6, 6.07) is 8.99. The molecule has 2 aromatic heterocycles. The van der Waals surface area contributed by atoms with E-state index in [0.717, 1.165) is 18.2 Å². The summed E-state index contributed by atoms with van der Waals surface area (Å²) in [5.74, 6) is 0.0650. The maximum Gasteiger partial charge on any atom is 0.270 e. The topological polar surface area (TPSA) is 139 Å². The summed E-state index contributed by atoms with van der Waals surface area (Å²) < 4.78 is 5.37. The van der Waals surface area contributed by atoms with E-state index in [4.69, 9.17) is 22.1 Å². The zero-order valence-corrected chi connectivity index (χ0v) is 18.2. The van der Waals surface area contributed by atoms with Gasteiger partial charge < -0.3 is 21.1 Å². The van der Waals surface area contributed by atoms with E-state index in [1.54, 1.807) is 6.07 Å². The fraction of sp³-hybridized carbons (Fsp3) is 0.318. The first-order chi connectivity index (χ1) is 15.5. The molecular weight excluding hydrogens is 430 g/mol. The molecule has 0 aliphatic carbocycles. The highest BCUT2D eigenvalue weighted by Crippen LogP contribution is 2.30. The van der Waals surface area contributed by atoms with E-state index in [1.807, 2.05) is 31.2 Å². The number of fused-ring (bicyclic) bond motifs is 1. The zero-order valence-electron chi connectivity index (χ0n) is 17.4. The van der Waals surface area contributed by atoms with Crippen LogP contribution in [0.15, 0.2) is 30.5 Å². The number of benzene rings is 1. The Morgan fingerprint density at radius 1 is 1.34 bits per heavy atom. The number of carbonyl (C=O) groups excluding carboxylic acids is 1. The Morgan fingerprint density at radius 2 is 2.12 bits per heavy atom. The van der Waals surface area contributed by atoms with Crippen LogP contribution >= 0.6 is 11.6 Å². The molecule has 1 saturated heterocycles. The van der Waals surface area contributed by atoms with Crippen LogP contribution in [0.3, 0.4) is 0 Å². The summed E-state index contributed by atoms with van der Waals surface area (Å²) in [4.78, 5) is 25.8. The molecule has 1 aromatic carbocycles. The number of anilines is 2. The van der Waals surface area contributed by atoms with Gasteiger partial charge in [0.15, 0.2) is 0 Å². The molecule has 1 unspecified atom stereocenters. The van der Waals surface area contributed by atoms with Gasteiger partial charge in [-0.3, -0.25) is 4.79 Å². The monoisotopic (exact) mass is 451 g/mol. The number of nitriles is 1. The minimum Gasteiger partial charge on any atom is -0.381 e. The average Bonchev–Trinajstić information content (AvgIpc) is 2.79. The maximum absolute atomic E-state index is 13.2. The summed E-state index contributed by atoms with van der Waals surface area (Å²) in [5.41, 5.74) is 6.78. The van der Waals surface area contributed by atoms with E-state index in [9.17, 15) is 10.1 Å². The van der Waals surface area contributed by atoms with Crippen molar-refractivity contribution in [2.75, 3.05) is 24.3 Å². The van der Waals surface area contributed by atoms with Crippen LogP contribution in [0.25, 0.3) is 10.8 Å². The molecule has 1 aliphatic rings. The van der Waals surface area contributed by atoms with Crippen molar-refractivity contribution in [3.63, 3.8) is 0 Å². The van der Waals surface area contributed by atoms with Gasteiger partial charge >= 0.3 is 0 Å². The van der Waals surface area contributed by atoms with E-state index in [2.05, 4.69) is 25.6 Å². The number of carbonyl (C=O) groups is 1. The number of amides is 1. The van der Waals surface area contributed by atoms with E-state index < -0.39 is 0 Å². The Morgan fingerprint density at radius 3 is 2.88 bits per heavy atom. The lowest BCUT2D eigenvalue weighted by Gasteiger charge is -2.23. The number of nitrogens with one attached hydrogen (secondary N) is 2. The number of rotatable bonds is 5. The third-order valence-corrected chi connectivity index (χ3v) is 5.64. The van der Waals surface area contributed by atoms with Crippen LogP contribution in [0.1, 0.15) is 47.6 Å². The van der Waals surface area contributed by atoms with Gasteiger partial charge in [0.05, 0.1) is 23.0 Å². The molecule has 1 atom stereocenters. The summed E-state index contributed by atoms with van der Waals surface area (Å²) >= 11 is 6.45. The number of nitrogen functional groups attached to an aromatic ring is 1. The maximum atomic E-state index is 13.2. The minimum absolute atomic E-state index is 0.0250. The molecule has 3 heterocycles. The highest BCUT2D eigenvalue weighted by atomic mass is 35.5. The number of hydrogen-bond donors (Lipinski definition) is 3. The van der Waals surface area contributed by atoms with Crippen molar-refractivity contribution in [1.29, 1.82) is 5.26 Å². The minimum atomic E-state index is -0.380. The third-order valence-electron chi connectivity index (χ3n) is 5.32. The predicted octanol–water partition coefficient (Wildman–Crippen LogP) is 3.21. The molecule has 3 aromatic rings. The van der Waals surface area contributed by atoms with Crippen LogP contribution in [0.5, 0.6) is 0 Å². The van der Waals surface area contributed by atoms with Gasteiger partial charge in [-0.2, -0.15) is 10.2 Å². The number of nitrogens with zero attached hydrogens (tertiary/aromatic N) is 4. The molecule has 1 amide bonds. The zero-order chi connectivity index (χ0) is 22.7. The van der Waals surface area contributed by atoms with Crippen molar-refractivity contribution in [1.82, 2.24) is 20.3 Å². The number of pyridine rings is 1. The van der Waals surface area contributed by atoms with Crippen molar-refractivity contribution in [2.24, 2.45) is 0 Å². The Labute approximate surface area is 190 Å². The molecule has 4 N–H and O–H groups in total. The van der Waals surface area contributed by atoms with Gasteiger partial charge in [-0.25, -0.2) is 9.97 Å². The molecule has 4 rings (SSSR count). The highest BCUT2D eigenvalue weighted by Gasteiger charge is 2.23. The van der Waals surface area contributed by atoms with Gasteiger partial charge in [-0.05, 0) is 37.3 Å². The second-order valence-corrected chi connectivity index (χ2v) is 7.97. The number of aromatic nitrogens is 3. The van der Waals surface area contributed by atoms with Crippen molar-refractivity contribution in [2.45, 2.75) is 31.8 Å². The number of ether oxygens (including phenoxy) is 1. The van der Waals surface area contributed by atoms with Gasteiger partial charge in [-0.15, -0.1) is 0 Å². The normalized spacial score (nSPS) is 15.2. The van der Waals surface area contributed by atoms with Crippen LogP contribution in [0, 0.1) is 11.3 Å². The van der Waals surface area contributed by atoms with Crippen molar-refractivity contribution in [3.05, 3.63) is 52.4 Å². The molecule has 164 valence electrons. The second kappa shape index (κ2) is 9.34. The smallest absolute Gasteiger partial charge is 0.270 e. The third kappa shape index (κ3) is 4.56. The lowest BCUT2D eigenvalue weighted by molar-refractivity contribution is 0.0695. The van der Waals surface area contributed by atoms with Gasteiger partial charge in [0.2, 0.25) is 5.95 Å². The van der Waals surface area contributed by atoms with E-state index in [1.165, 1.54) is 6.20 Å². The summed E-state index contributed by atoms with van der Waals surface area (Å²) in [5, 5.41) is 17.4. The number of hydrogen-bond acceptors (Lipinski definition) is 8. The van der Waals surface area contributed by atoms with Crippen molar-refractivity contribution < 1.29 is 9.53 Å². The van der Waals surface area contributed by atoms with Gasteiger partial charge in [0, 0.05) is 24.6 Å². The molecule has 9 nitrogen and oxygen atoms in total. The second-order valence-electron chi connectivity index (χ2n) is 7.56. The molecular formula is C22H22ClN7O2. The molecule has 0 bridgehead atoms. The van der Waals surface area contributed by atoms with E-state index >= 15 is 0 Å². The molecule has 10 heteroatoms. The predicted molar refractivity (Wildman–Crippen MR) is 121 cm³/mol. The number of halogens is 1. The fourth-order valence-corrected chi connectivity index (χ4v) is 3.91. The van der Waals surface area contributed by atoms with Crippen LogP contribution in [-0.2, 0) is 4.74 Å². The fourth-order valence-electron chi connectivity index (χ4n) is 3.64. The first kappa shape index (κ1) is 21.7. The van der Waals surface area contributed by atoms with Crippen molar-refractivity contribution >= 4 is 40.0 Å². The Kier molecular flexibility index (Phi) is 6.35. The Balaban J connectivity index is 1.70. The summed E-state index contributed by atoms with van der Waals surface area (Å²) in [6.45, 7) is 3.09. The van der Waals surface area contributed by atoms with Gasteiger partial charge in [0.1, 0.15) is 23.1 Å². The SMILES string of the molecule is CC(Nc1nc(N)ncc1C#N)c1cc2cccc(Cl)c2c(C(=O)NC2CCOCC2)n1. The Bertz CT molecular complexity index is 1200. The molecule has 0 radical (unpaired) electrons. The molecule has 32 heavy (non-hydrogen) atoms. The average molecular weight is 452 g/mol. The summed E-state index contributed by atoms with van der Waals surface area (Å²) in [6.07, 6.45) is 2.86. The Hall–Kier alpha value is -3.48. The van der Waals surface area contributed by atoms with Crippen LogP contribution < -0.4 is 16.4 Å². The first-order valence-corrected chi connectivity index (χ1v) is 10.6.